The number of rotatable bonds is 3. The first-order chi connectivity index (χ1) is 7.70. The molecule has 5 heteroatoms. The quantitative estimate of drug-likeness (QED) is 0.866. The van der Waals surface area contributed by atoms with Crippen LogP contribution in [0, 0.1) is 5.82 Å². The van der Waals surface area contributed by atoms with Crippen LogP contribution < -0.4 is 0 Å². The first-order valence-electron chi connectivity index (χ1n) is 5.02. The summed E-state index contributed by atoms with van der Waals surface area (Å²) in [4.78, 5) is 4.10. The minimum absolute atomic E-state index is 0.202. The Morgan fingerprint density at radius 2 is 2.25 bits per heavy atom. The maximum absolute atomic E-state index is 12.8. The van der Waals surface area contributed by atoms with E-state index >= 15 is 0 Å². The Morgan fingerprint density at radius 1 is 1.44 bits per heavy atom. The third-order valence-electron chi connectivity index (χ3n) is 2.13. The smallest absolute Gasteiger partial charge is 0.261 e. The number of halogens is 1. The van der Waals surface area contributed by atoms with E-state index in [0.717, 1.165) is 12.5 Å². The summed E-state index contributed by atoms with van der Waals surface area (Å²) in [5, 5.41) is 13.3. The van der Waals surface area contributed by atoms with Gasteiger partial charge in [0.1, 0.15) is 11.6 Å². The standard InChI is InChI=1S/C11H11FN2O2/c1-2-3-10-13-11(16-14-10)8-5-4-7(12)6-9(8)15/h4-6,15H,2-3H2,1H3. The van der Waals surface area contributed by atoms with Gasteiger partial charge < -0.3 is 9.63 Å². The van der Waals surface area contributed by atoms with Gasteiger partial charge in [-0.05, 0) is 18.6 Å². The van der Waals surface area contributed by atoms with E-state index in [0.29, 0.717) is 17.8 Å². The summed E-state index contributed by atoms with van der Waals surface area (Å²) in [7, 11) is 0. The lowest BCUT2D eigenvalue weighted by atomic mass is 10.2. The van der Waals surface area contributed by atoms with Crippen LogP contribution in [-0.2, 0) is 6.42 Å². The number of hydrogen-bond donors (Lipinski definition) is 1. The second kappa shape index (κ2) is 4.30. The Bertz CT molecular complexity index is 496. The summed E-state index contributed by atoms with van der Waals surface area (Å²) in [6, 6.07) is 3.66. The topological polar surface area (TPSA) is 59.2 Å². The highest BCUT2D eigenvalue weighted by Crippen LogP contribution is 2.28. The van der Waals surface area contributed by atoms with Gasteiger partial charge in [-0.15, -0.1) is 0 Å². The molecule has 84 valence electrons. The highest BCUT2D eigenvalue weighted by molar-refractivity contribution is 5.61. The van der Waals surface area contributed by atoms with Gasteiger partial charge in [0, 0.05) is 12.5 Å². The van der Waals surface area contributed by atoms with Crippen LogP contribution in [0.4, 0.5) is 4.39 Å². The molecule has 0 amide bonds. The monoisotopic (exact) mass is 222 g/mol. The molecule has 0 aliphatic rings. The van der Waals surface area contributed by atoms with E-state index in [2.05, 4.69) is 10.1 Å². The lowest BCUT2D eigenvalue weighted by molar-refractivity contribution is 0.416. The van der Waals surface area contributed by atoms with E-state index in [1.54, 1.807) is 0 Å². The molecule has 2 aromatic rings. The Hall–Kier alpha value is -1.91. The molecule has 16 heavy (non-hydrogen) atoms. The summed E-state index contributed by atoms with van der Waals surface area (Å²) in [5.74, 6) is 0.0865. The molecule has 0 unspecified atom stereocenters. The van der Waals surface area contributed by atoms with Crippen LogP contribution in [0.2, 0.25) is 0 Å². The number of aromatic nitrogens is 2. The fourth-order valence-electron chi connectivity index (χ4n) is 1.37. The zero-order valence-corrected chi connectivity index (χ0v) is 8.77. The molecule has 0 spiro atoms. The van der Waals surface area contributed by atoms with E-state index in [-0.39, 0.29) is 11.6 Å². The predicted molar refractivity (Wildman–Crippen MR) is 55.4 cm³/mol. The average Bonchev–Trinajstić information content (AvgIpc) is 2.67. The van der Waals surface area contributed by atoms with Crippen LogP contribution >= 0.6 is 0 Å². The molecule has 0 atom stereocenters. The van der Waals surface area contributed by atoms with Gasteiger partial charge in [0.15, 0.2) is 5.82 Å². The summed E-state index contributed by atoms with van der Waals surface area (Å²) in [6.07, 6.45) is 1.62. The Kier molecular flexibility index (Phi) is 2.85. The Morgan fingerprint density at radius 3 is 2.94 bits per heavy atom. The lowest BCUT2D eigenvalue weighted by Gasteiger charge is -1.98. The van der Waals surface area contributed by atoms with E-state index < -0.39 is 5.82 Å². The van der Waals surface area contributed by atoms with Crippen LogP contribution in [0.1, 0.15) is 19.2 Å². The first-order valence-corrected chi connectivity index (χ1v) is 5.02. The number of phenols is 1. The summed E-state index contributed by atoms with van der Waals surface area (Å²) in [5.41, 5.74) is 0.344. The van der Waals surface area contributed by atoms with Crippen molar-refractivity contribution < 1.29 is 14.0 Å². The van der Waals surface area contributed by atoms with Crippen LogP contribution in [0.15, 0.2) is 22.7 Å². The normalized spacial score (nSPS) is 10.6. The van der Waals surface area contributed by atoms with Gasteiger partial charge in [0.25, 0.3) is 5.89 Å². The van der Waals surface area contributed by atoms with Crippen LogP contribution in [0.25, 0.3) is 11.5 Å². The van der Waals surface area contributed by atoms with Gasteiger partial charge >= 0.3 is 0 Å². The van der Waals surface area contributed by atoms with E-state index in [4.69, 9.17) is 4.52 Å². The van der Waals surface area contributed by atoms with E-state index in [1.807, 2.05) is 6.92 Å². The summed E-state index contributed by atoms with van der Waals surface area (Å²) < 4.78 is 17.7. The maximum atomic E-state index is 12.8. The first kappa shape index (κ1) is 10.6. The molecule has 1 aromatic carbocycles. The zero-order chi connectivity index (χ0) is 11.5. The maximum Gasteiger partial charge on any atom is 0.261 e. The zero-order valence-electron chi connectivity index (χ0n) is 8.77. The summed E-state index contributed by atoms with van der Waals surface area (Å²) in [6.45, 7) is 2.01. The van der Waals surface area contributed by atoms with Crippen LogP contribution in [-0.4, -0.2) is 15.2 Å². The second-order valence-electron chi connectivity index (χ2n) is 3.43. The number of nitrogens with zero attached hydrogens (tertiary/aromatic N) is 2. The van der Waals surface area contributed by atoms with Crippen molar-refractivity contribution in [3.8, 4) is 17.2 Å². The molecule has 0 aliphatic carbocycles. The van der Waals surface area contributed by atoms with Crippen molar-refractivity contribution in [3.63, 3.8) is 0 Å². The van der Waals surface area contributed by atoms with Gasteiger partial charge in [0.05, 0.1) is 5.56 Å². The Balaban J connectivity index is 2.35. The molecule has 0 bridgehead atoms. The number of aromatic hydroxyl groups is 1. The van der Waals surface area contributed by atoms with E-state index in [1.165, 1.54) is 12.1 Å². The third-order valence-corrected chi connectivity index (χ3v) is 2.13. The highest BCUT2D eigenvalue weighted by atomic mass is 19.1. The second-order valence-corrected chi connectivity index (χ2v) is 3.43. The predicted octanol–water partition coefficient (Wildman–Crippen LogP) is 2.53. The molecule has 1 aromatic heterocycles. The van der Waals surface area contributed by atoms with Gasteiger partial charge in [-0.25, -0.2) is 4.39 Å². The summed E-state index contributed by atoms with van der Waals surface area (Å²) >= 11 is 0. The molecular formula is C11H11FN2O2. The average molecular weight is 222 g/mol. The van der Waals surface area contributed by atoms with Crippen molar-refractivity contribution in [1.29, 1.82) is 0 Å². The van der Waals surface area contributed by atoms with Crippen molar-refractivity contribution in [3.05, 3.63) is 29.8 Å². The highest BCUT2D eigenvalue weighted by Gasteiger charge is 2.12. The number of aryl methyl sites for hydroxylation is 1. The van der Waals surface area contributed by atoms with Crippen molar-refractivity contribution in [1.82, 2.24) is 10.1 Å². The SMILES string of the molecule is CCCc1noc(-c2ccc(F)cc2O)n1. The molecule has 1 N–H and O–H groups in total. The van der Waals surface area contributed by atoms with Gasteiger partial charge in [0.2, 0.25) is 0 Å². The minimum Gasteiger partial charge on any atom is -0.507 e. The number of hydrogen-bond acceptors (Lipinski definition) is 4. The van der Waals surface area contributed by atoms with Crippen molar-refractivity contribution in [2.45, 2.75) is 19.8 Å². The fraction of sp³-hybridized carbons (Fsp3) is 0.273. The number of benzene rings is 1. The van der Waals surface area contributed by atoms with E-state index in [9.17, 15) is 9.50 Å². The van der Waals surface area contributed by atoms with Crippen molar-refractivity contribution in [2.75, 3.05) is 0 Å². The molecule has 0 radical (unpaired) electrons. The molecule has 0 saturated carbocycles. The Labute approximate surface area is 91.7 Å². The molecule has 4 nitrogen and oxygen atoms in total. The molecule has 0 fully saturated rings. The lowest BCUT2D eigenvalue weighted by Crippen LogP contribution is -1.86. The minimum atomic E-state index is -0.505. The molecule has 0 aliphatic heterocycles. The van der Waals surface area contributed by atoms with Crippen molar-refractivity contribution in [2.24, 2.45) is 0 Å². The molecule has 2 rings (SSSR count). The third kappa shape index (κ3) is 2.03. The van der Waals surface area contributed by atoms with Crippen LogP contribution in [0.5, 0.6) is 5.75 Å². The molecule has 1 heterocycles. The van der Waals surface area contributed by atoms with Gasteiger partial charge in [-0.2, -0.15) is 4.98 Å². The van der Waals surface area contributed by atoms with Crippen molar-refractivity contribution >= 4 is 0 Å². The van der Waals surface area contributed by atoms with Gasteiger partial charge in [-0.3, -0.25) is 0 Å². The van der Waals surface area contributed by atoms with Crippen LogP contribution in [0.3, 0.4) is 0 Å². The van der Waals surface area contributed by atoms with Gasteiger partial charge in [-0.1, -0.05) is 12.1 Å². The number of phenolic OH excluding ortho intramolecular Hbond substituents is 1. The fourth-order valence-corrected chi connectivity index (χ4v) is 1.37. The molecule has 0 saturated heterocycles. The largest absolute Gasteiger partial charge is 0.507 e. The molecular weight excluding hydrogens is 211 g/mol.